The number of hydrogen-bond acceptors (Lipinski definition) is 3. The van der Waals surface area contributed by atoms with Gasteiger partial charge >= 0.3 is 0 Å². The van der Waals surface area contributed by atoms with Crippen LogP contribution < -0.4 is 10.6 Å². The van der Waals surface area contributed by atoms with E-state index in [-0.39, 0.29) is 17.9 Å². The Labute approximate surface area is 163 Å². The molecule has 5 heteroatoms. The Morgan fingerprint density at radius 2 is 1.93 bits per heavy atom. The van der Waals surface area contributed by atoms with E-state index in [2.05, 4.69) is 10.6 Å². The number of nitrogens with one attached hydrogen (secondary N) is 2. The molecule has 0 aliphatic heterocycles. The van der Waals surface area contributed by atoms with Gasteiger partial charge in [0.05, 0.1) is 0 Å². The quantitative estimate of drug-likeness (QED) is 0.766. The zero-order chi connectivity index (χ0) is 18.8. The molecule has 0 saturated heterocycles. The maximum atomic E-state index is 12.9. The third kappa shape index (κ3) is 4.14. The van der Waals surface area contributed by atoms with Gasteiger partial charge in [0, 0.05) is 16.5 Å². The van der Waals surface area contributed by atoms with Gasteiger partial charge in [-0.15, -0.1) is 11.3 Å². The van der Waals surface area contributed by atoms with E-state index >= 15 is 0 Å². The van der Waals surface area contributed by atoms with Gasteiger partial charge in [0.2, 0.25) is 0 Å². The largest absolute Gasteiger partial charge is 0.348 e. The van der Waals surface area contributed by atoms with E-state index in [0.717, 1.165) is 22.8 Å². The summed E-state index contributed by atoms with van der Waals surface area (Å²) < 4.78 is 0. The molecule has 4 rings (SSSR count). The van der Waals surface area contributed by atoms with Gasteiger partial charge in [-0.2, -0.15) is 0 Å². The number of rotatable bonds is 5. The first-order valence-electron chi connectivity index (χ1n) is 9.52. The maximum absolute atomic E-state index is 12.9. The van der Waals surface area contributed by atoms with E-state index in [9.17, 15) is 9.59 Å². The fraction of sp³-hybridized carbons (Fsp3) is 0.364. The molecule has 140 valence electrons. The summed E-state index contributed by atoms with van der Waals surface area (Å²) in [6, 6.07) is 11.5. The number of fused-ring (bicyclic) bond motifs is 2. The van der Waals surface area contributed by atoms with E-state index < -0.39 is 0 Å². The first kappa shape index (κ1) is 18.0. The second kappa shape index (κ2) is 7.69. The highest BCUT2D eigenvalue weighted by Gasteiger charge is 2.40. The molecule has 2 aromatic rings. The Morgan fingerprint density at radius 3 is 2.56 bits per heavy atom. The maximum Gasteiger partial charge on any atom is 0.268 e. The SMILES string of the molecule is Cc1ccc(C(=O)N/C(=C\c2cccs2)C(=O)N[C@@H]2C[C@H]3CC[C@H]2C3)cc1. The molecule has 1 aromatic heterocycles. The second-order valence-electron chi connectivity index (χ2n) is 7.65. The molecule has 1 aromatic carbocycles. The molecule has 2 aliphatic carbocycles. The number of hydrogen-bond donors (Lipinski definition) is 2. The van der Waals surface area contributed by atoms with Crippen molar-refractivity contribution in [2.24, 2.45) is 11.8 Å². The van der Waals surface area contributed by atoms with Crippen LogP contribution >= 0.6 is 11.3 Å². The molecule has 2 bridgehead atoms. The summed E-state index contributed by atoms with van der Waals surface area (Å²) in [5.41, 5.74) is 1.95. The number of aryl methyl sites for hydroxylation is 1. The lowest BCUT2D eigenvalue weighted by Gasteiger charge is -2.23. The van der Waals surface area contributed by atoms with Gasteiger partial charge in [0.15, 0.2) is 0 Å². The number of thiophene rings is 1. The number of amides is 2. The lowest BCUT2D eigenvalue weighted by atomic mass is 9.95. The van der Waals surface area contributed by atoms with Crippen molar-refractivity contribution in [2.45, 2.75) is 38.6 Å². The summed E-state index contributed by atoms with van der Waals surface area (Å²) in [7, 11) is 0. The fourth-order valence-electron chi connectivity index (χ4n) is 4.24. The third-order valence-electron chi connectivity index (χ3n) is 5.69. The Morgan fingerprint density at radius 1 is 1.11 bits per heavy atom. The van der Waals surface area contributed by atoms with Crippen molar-refractivity contribution in [1.29, 1.82) is 0 Å². The van der Waals surface area contributed by atoms with E-state index in [1.165, 1.54) is 19.3 Å². The predicted octanol–water partition coefficient (Wildman–Crippen LogP) is 4.13. The van der Waals surface area contributed by atoms with E-state index in [0.29, 0.717) is 17.2 Å². The van der Waals surface area contributed by atoms with Crippen LogP contribution in [0.3, 0.4) is 0 Å². The normalized spacial score (nSPS) is 24.0. The van der Waals surface area contributed by atoms with Crippen LogP contribution in [0.5, 0.6) is 0 Å². The minimum Gasteiger partial charge on any atom is -0.348 e. The molecule has 3 atom stereocenters. The van der Waals surface area contributed by atoms with Gasteiger partial charge in [-0.25, -0.2) is 0 Å². The molecular weight excluding hydrogens is 356 g/mol. The Hall–Kier alpha value is -2.40. The van der Waals surface area contributed by atoms with Crippen molar-refractivity contribution in [3.05, 3.63) is 63.5 Å². The van der Waals surface area contributed by atoms with Crippen molar-refractivity contribution in [3.8, 4) is 0 Å². The van der Waals surface area contributed by atoms with Crippen molar-refractivity contribution in [3.63, 3.8) is 0 Å². The van der Waals surface area contributed by atoms with Crippen molar-refractivity contribution >= 4 is 29.2 Å². The first-order chi connectivity index (χ1) is 13.1. The molecule has 0 spiro atoms. The minimum atomic E-state index is -0.263. The van der Waals surface area contributed by atoms with E-state index in [4.69, 9.17) is 0 Å². The van der Waals surface area contributed by atoms with Gasteiger partial charge < -0.3 is 10.6 Å². The van der Waals surface area contributed by atoms with Crippen LogP contribution in [0.15, 0.2) is 47.5 Å². The Kier molecular flexibility index (Phi) is 5.12. The molecular formula is C22H24N2O2S. The van der Waals surface area contributed by atoms with Crippen molar-refractivity contribution < 1.29 is 9.59 Å². The molecule has 1 heterocycles. The van der Waals surface area contributed by atoms with Gasteiger partial charge in [-0.05, 0) is 67.7 Å². The Balaban J connectivity index is 1.51. The summed E-state index contributed by atoms with van der Waals surface area (Å²) in [6.45, 7) is 1.98. The highest BCUT2D eigenvalue weighted by Crippen LogP contribution is 2.44. The van der Waals surface area contributed by atoms with Crippen LogP contribution in [0.1, 0.15) is 46.5 Å². The van der Waals surface area contributed by atoms with Gasteiger partial charge in [-0.3, -0.25) is 9.59 Å². The highest BCUT2D eigenvalue weighted by atomic mass is 32.1. The Bertz CT molecular complexity index is 855. The first-order valence-corrected chi connectivity index (χ1v) is 10.4. The molecule has 2 saturated carbocycles. The zero-order valence-electron chi connectivity index (χ0n) is 15.4. The molecule has 0 unspecified atom stereocenters. The lowest BCUT2D eigenvalue weighted by molar-refractivity contribution is -0.118. The van der Waals surface area contributed by atoms with Crippen LogP contribution in [0.2, 0.25) is 0 Å². The third-order valence-corrected chi connectivity index (χ3v) is 6.51. The fourth-order valence-corrected chi connectivity index (χ4v) is 4.90. The van der Waals surface area contributed by atoms with E-state index in [1.807, 2.05) is 36.6 Å². The summed E-state index contributed by atoms with van der Waals surface area (Å²) in [6.07, 6.45) is 6.55. The topological polar surface area (TPSA) is 58.2 Å². The number of carbonyl (C=O) groups is 2. The molecule has 4 nitrogen and oxygen atoms in total. The van der Waals surface area contributed by atoms with Gasteiger partial charge in [0.1, 0.15) is 5.70 Å². The summed E-state index contributed by atoms with van der Waals surface area (Å²) in [5, 5.41) is 7.95. The van der Waals surface area contributed by atoms with Crippen LogP contribution in [0.4, 0.5) is 0 Å². The highest BCUT2D eigenvalue weighted by molar-refractivity contribution is 7.10. The van der Waals surface area contributed by atoms with Crippen LogP contribution in [0, 0.1) is 18.8 Å². The average molecular weight is 381 g/mol. The second-order valence-corrected chi connectivity index (χ2v) is 8.63. The standard InChI is InChI=1S/C22H24N2O2S/c1-14-4-7-16(8-5-14)21(25)24-20(13-18-3-2-10-27-18)22(26)23-19-12-15-6-9-17(19)11-15/h2-5,7-8,10,13,15,17,19H,6,9,11-12H2,1H3,(H,23,26)(H,24,25)/b20-13-/t15-,17-,19+/m0/s1. The monoisotopic (exact) mass is 380 g/mol. The number of benzene rings is 1. The van der Waals surface area contributed by atoms with Gasteiger partial charge in [-0.1, -0.05) is 30.2 Å². The summed E-state index contributed by atoms with van der Waals surface area (Å²) >= 11 is 1.54. The van der Waals surface area contributed by atoms with Crippen LogP contribution in [-0.2, 0) is 4.79 Å². The van der Waals surface area contributed by atoms with Gasteiger partial charge in [0.25, 0.3) is 11.8 Å². The molecule has 27 heavy (non-hydrogen) atoms. The number of carbonyl (C=O) groups excluding carboxylic acids is 2. The minimum absolute atomic E-state index is 0.193. The zero-order valence-corrected chi connectivity index (χ0v) is 16.2. The van der Waals surface area contributed by atoms with Crippen LogP contribution in [0.25, 0.3) is 6.08 Å². The molecule has 0 radical (unpaired) electrons. The summed E-state index contributed by atoms with van der Waals surface area (Å²) in [5.74, 6) is 0.893. The molecule has 2 N–H and O–H groups in total. The summed E-state index contributed by atoms with van der Waals surface area (Å²) in [4.78, 5) is 26.5. The average Bonchev–Trinajstić information content (AvgIpc) is 3.40. The van der Waals surface area contributed by atoms with Crippen molar-refractivity contribution in [2.75, 3.05) is 0 Å². The molecule has 2 aliphatic rings. The van der Waals surface area contributed by atoms with Crippen LogP contribution in [-0.4, -0.2) is 17.9 Å². The van der Waals surface area contributed by atoms with E-state index in [1.54, 1.807) is 29.5 Å². The predicted molar refractivity (Wildman–Crippen MR) is 108 cm³/mol. The smallest absolute Gasteiger partial charge is 0.268 e. The molecule has 2 amide bonds. The lowest BCUT2D eigenvalue weighted by Crippen LogP contribution is -2.42. The van der Waals surface area contributed by atoms with Crippen molar-refractivity contribution in [1.82, 2.24) is 10.6 Å². The molecule has 2 fully saturated rings.